The van der Waals surface area contributed by atoms with E-state index in [-0.39, 0.29) is 29.0 Å². The Bertz CT molecular complexity index is 1170. The lowest BCUT2D eigenvalue weighted by Gasteiger charge is -2.32. The van der Waals surface area contributed by atoms with Crippen molar-refractivity contribution in [3.8, 4) is 17.0 Å². The molecule has 3 aromatic rings. The summed E-state index contributed by atoms with van der Waals surface area (Å²) in [6.07, 6.45) is 1.02. The molecule has 1 saturated carbocycles. The number of carbonyl (C=O) groups excluding carboxylic acids is 1. The Morgan fingerprint density at radius 3 is 2.47 bits per heavy atom. The predicted molar refractivity (Wildman–Crippen MR) is 112 cm³/mol. The van der Waals surface area contributed by atoms with Gasteiger partial charge in [-0.2, -0.15) is 18.3 Å². The van der Waals surface area contributed by atoms with E-state index in [1.165, 1.54) is 6.92 Å². The lowest BCUT2D eigenvalue weighted by molar-refractivity contribution is -0.137. The number of aromatic hydroxyl groups is 1. The molecule has 1 aliphatic carbocycles. The van der Waals surface area contributed by atoms with E-state index in [1.807, 2.05) is 21.8 Å². The van der Waals surface area contributed by atoms with Gasteiger partial charge in [0.25, 0.3) is 0 Å². The van der Waals surface area contributed by atoms with Crippen LogP contribution < -0.4 is 0 Å². The van der Waals surface area contributed by atoms with Crippen LogP contribution in [0.4, 0.5) is 13.2 Å². The zero-order chi connectivity index (χ0) is 22.6. The lowest BCUT2D eigenvalue weighted by atomic mass is 10.00. The van der Waals surface area contributed by atoms with Crippen molar-refractivity contribution in [2.24, 2.45) is 5.92 Å². The van der Waals surface area contributed by atoms with Crippen molar-refractivity contribution in [3.63, 3.8) is 0 Å². The highest BCUT2D eigenvalue weighted by Gasteiger charge is 2.35. The van der Waals surface area contributed by atoms with Crippen molar-refractivity contribution in [2.75, 3.05) is 13.1 Å². The molecule has 3 heterocycles. The normalized spacial score (nSPS) is 17.8. The number of alkyl halides is 3. The molecule has 0 spiro atoms. The van der Waals surface area contributed by atoms with Gasteiger partial charge in [0, 0.05) is 36.2 Å². The predicted octanol–water partition coefficient (Wildman–Crippen LogP) is 4.70. The van der Waals surface area contributed by atoms with Gasteiger partial charge in [0.2, 0.25) is 5.91 Å². The summed E-state index contributed by atoms with van der Waals surface area (Å²) in [4.78, 5) is 18.7. The van der Waals surface area contributed by atoms with Gasteiger partial charge in [-0.1, -0.05) is 0 Å². The molecule has 32 heavy (non-hydrogen) atoms. The highest BCUT2D eigenvalue weighted by atomic mass is 19.4. The van der Waals surface area contributed by atoms with Crippen LogP contribution in [0.1, 0.15) is 42.9 Å². The van der Waals surface area contributed by atoms with Crippen molar-refractivity contribution in [2.45, 2.75) is 44.8 Å². The Balaban J connectivity index is 1.39. The zero-order valence-electron chi connectivity index (χ0n) is 17.6. The number of rotatable bonds is 3. The smallest absolute Gasteiger partial charge is 0.416 e. The van der Waals surface area contributed by atoms with E-state index >= 15 is 0 Å². The number of fused-ring (bicyclic) bond motifs is 1. The van der Waals surface area contributed by atoms with E-state index in [0.717, 1.165) is 43.2 Å². The van der Waals surface area contributed by atoms with Gasteiger partial charge in [-0.25, -0.2) is 4.98 Å². The first-order valence-electron chi connectivity index (χ1n) is 10.8. The number of nitrogens with zero attached hydrogens (tertiary/aromatic N) is 4. The van der Waals surface area contributed by atoms with Crippen molar-refractivity contribution >= 4 is 16.9 Å². The van der Waals surface area contributed by atoms with Gasteiger partial charge in [-0.05, 0) is 62.4 Å². The maximum absolute atomic E-state index is 13.0. The van der Waals surface area contributed by atoms with Gasteiger partial charge in [0.15, 0.2) is 5.65 Å². The van der Waals surface area contributed by atoms with E-state index in [2.05, 4.69) is 10.1 Å². The first-order valence-corrected chi connectivity index (χ1v) is 10.8. The fourth-order valence-corrected chi connectivity index (χ4v) is 4.45. The molecule has 1 N–H and O–H groups in total. The maximum atomic E-state index is 13.0. The Kier molecular flexibility index (Phi) is 4.87. The number of amides is 1. The second-order valence-corrected chi connectivity index (χ2v) is 8.73. The fourth-order valence-electron chi connectivity index (χ4n) is 4.45. The molecule has 0 bridgehead atoms. The van der Waals surface area contributed by atoms with Gasteiger partial charge < -0.3 is 10.0 Å². The number of phenolic OH excluding ortho intramolecular Hbond substituents is 1. The molecular weight excluding hydrogens is 421 g/mol. The van der Waals surface area contributed by atoms with Gasteiger partial charge in [-0.15, -0.1) is 0 Å². The summed E-state index contributed by atoms with van der Waals surface area (Å²) < 4.78 is 40.9. The third-order valence-corrected chi connectivity index (χ3v) is 6.36. The molecule has 2 aromatic heterocycles. The van der Waals surface area contributed by atoms with Crippen LogP contribution in [0.15, 0.2) is 30.5 Å². The Labute approximate surface area is 182 Å². The molecule has 0 atom stereocenters. The van der Waals surface area contributed by atoms with E-state index in [4.69, 9.17) is 0 Å². The molecule has 1 aliphatic heterocycles. The molecule has 0 radical (unpaired) electrons. The van der Waals surface area contributed by atoms with Crippen LogP contribution in [0.2, 0.25) is 0 Å². The standard InChI is InChI=1S/C23H23F3N4O2/c1-13-10-16(23(24,25)26)11-19(31)20(13)18-5-4-15-12-30(28-21(15)27-18)17-6-8-29(9-7-17)22(32)14-2-3-14/h4-5,10-12,14,17,31H,2-3,6-9H2,1H3. The topological polar surface area (TPSA) is 71.2 Å². The van der Waals surface area contributed by atoms with Gasteiger partial charge in [-0.3, -0.25) is 9.48 Å². The van der Waals surface area contributed by atoms with Crippen LogP contribution in [0.25, 0.3) is 22.3 Å². The van der Waals surface area contributed by atoms with Crippen LogP contribution >= 0.6 is 0 Å². The van der Waals surface area contributed by atoms with Crippen LogP contribution in [0.3, 0.4) is 0 Å². The largest absolute Gasteiger partial charge is 0.507 e. The minimum atomic E-state index is -4.53. The number of hydrogen-bond acceptors (Lipinski definition) is 4. The van der Waals surface area contributed by atoms with Crippen molar-refractivity contribution < 1.29 is 23.1 Å². The quantitative estimate of drug-likeness (QED) is 0.636. The second kappa shape index (κ2) is 7.50. The molecule has 1 aromatic carbocycles. The second-order valence-electron chi connectivity index (χ2n) is 8.73. The molecule has 1 saturated heterocycles. The summed E-state index contributed by atoms with van der Waals surface area (Å²) in [7, 11) is 0. The molecular formula is C23H23F3N4O2. The van der Waals surface area contributed by atoms with Gasteiger partial charge >= 0.3 is 6.18 Å². The van der Waals surface area contributed by atoms with Crippen molar-refractivity contribution in [3.05, 3.63) is 41.6 Å². The number of phenols is 1. The molecule has 0 unspecified atom stereocenters. The number of benzene rings is 1. The number of carbonyl (C=O) groups is 1. The Morgan fingerprint density at radius 1 is 1.12 bits per heavy atom. The number of hydrogen-bond donors (Lipinski definition) is 1. The van der Waals surface area contributed by atoms with Crippen molar-refractivity contribution in [1.29, 1.82) is 0 Å². The number of aromatic nitrogens is 3. The highest BCUT2D eigenvalue weighted by molar-refractivity contribution is 5.81. The molecule has 2 fully saturated rings. The average Bonchev–Trinajstić information content (AvgIpc) is 3.51. The fraction of sp³-hybridized carbons (Fsp3) is 0.435. The molecule has 6 nitrogen and oxygen atoms in total. The first kappa shape index (κ1) is 20.8. The molecule has 5 rings (SSSR count). The molecule has 9 heteroatoms. The summed E-state index contributed by atoms with van der Waals surface area (Å²) in [5.74, 6) is 0.0370. The summed E-state index contributed by atoms with van der Waals surface area (Å²) >= 11 is 0. The molecule has 1 amide bonds. The third-order valence-electron chi connectivity index (χ3n) is 6.36. The van der Waals surface area contributed by atoms with Gasteiger partial charge in [0.05, 0.1) is 17.3 Å². The third kappa shape index (κ3) is 3.80. The average molecular weight is 444 g/mol. The number of likely N-dealkylation sites (tertiary alicyclic amines) is 1. The zero-order valence-corrected chi connectivity index (χ0v) is 17.6. The molecule has 168 valence electrons. The minimum Gasteiger partial charge on any atom is -0.507 e. The number of piperidine rings is 1. The van der Waals surface area contributed by atoms with Crippen LogP contribution in [0, 0.1) is 12.8 Å². The van der Waals surface area contributed by atoms with E-state index in [0.29, 0.717) is 24.4 Å². The van der Waals surface area contributed by atoms with Gasteiger partial charge in [0.1, 0.15) is 5.75 Å². The lowest BCUT2D eigenvalue weighted by Crippen LogP contribution is -2.39. The monoisotopic (exact) mass is 444 g/mol. The number of halogens is 3. The van der Waals surface area contributed by atoms with E-state index in [1.54, 1.807) is 6.07 Å². The summed E-state index contributed by atoms with van der Waals surface area (Å²) in [6, 6.07) is 5.39. The minimum absolute atomic E-state index is 0.164. The van der Waals surface area contributed by atoms with E-state index < -0.39 is 17.5 Å². The number of aryl methyl sites for hydroxylation is 1. The SMILES string of the molecule is Cc1cc(C(F)(F)F)cc(O)c1-c1ccc2cn(C3CCN(C(=O)C4CC4)CC3)nc2n1. The van der Waals surface area contributed by atoms with E-state index in [9.17, 15) is 23.1 Å². The number of pyridine rings is 1. The summed E-state index contributed by atoms with van der Waals surface area (Å²) in [6.45, 7) is 2.95. The first-order chi connectivity index (χ1) is 15.2. The highest BCUT2D eigenvalue weighted by Crippen LogP contribution is 2.39. The van der Waals surface area contributed by atoms with Crippen LogP contribution in [-0.2, 0) is 11.0 Å². The maximum Gasteiger partial charge on any atom is 0.416 e. The van der Waals surface area contributed by atoms with Crippen molar-refractivity contribution in [1.82, 2.24) is 19.7 Å². The summed E-state index contributed by atoms with van der Waals surface area (Å²) in [5.41, 5.74) is 0.500. The van der Waals surface area contributed by atoms with Crippen LogP contribution in [0.5, 0.6) is 5.75 Å². The Hall–Kier alpha value is -3.10. The Morgan fingerprint density at radius 2 is 1.84 bits per heavy atom. The molecule has 2 aliphatic rings. The van der Waals surface area contributed by atoms with Crippen LogP contribution in [-0.4, -0.2) is 43.8 Å². The summed E-state index contributed by atoms with van der Waals surface area (Å²) in [5, 5.41) is 15.7.